The summed E-state index contributed by atoms with van der Waals surface area (Å²) in [5.74, 6) is 0.272. The molecule has 0 amide bonds. The number of furan rings is 1. The monoisotopic (exact) mass is 239 g/mol. The number of allylic oxidation sites excluding steroid dienone is 3. The normalized spacial score (nSPS) is 11.7. The van der Waals surface area contributed by atoms with Crippen LogP contribution in [0, 0.1) is 17.1 Å². The zero-order chi connectivity index (χ0) is 12.8. The highest BCUT2D eigenvalue weighted by Gasteiger charge is 2.04. The fraction of sp³-hybridized carbons (Fsp3) is 0. The second-order valence-electron chi connectivity index (χ2n) is 3.55. The number of benzene rings is 1. The zero-order valence-electron chi connectivity index (χ0n) is 9.51. The van der Waals surface area contributed by atoms with Gasteiger partial charge in [0.2, 0.25) is 0 Å². The molecule has 88 valence electrons. The number of rotatable bonds is 3. The maximum absolute atomic E-state index is 13.5. The molecule has 1 aromatic carbocycles. The summed E-state index contributed by atoms with van der Waals surface area (Å²) in [5, 5.41) is 9.02. The van der Waals surface area contributed by atoms with E-state index >= 15 is 0 Å². The van der Waals surface area contributed by atoms with Gasteiger partial charge in [-0.05, 0) is 30.4 Å². The minimum Gasteiger partial charge on any atom is -0.465 e. The summed E-state index contributed by atoms with van der Waals surface area (Å²) in [6.45, 7) is 0. The number of hydrogen-bond acceptors (Lipinski definition) is 2. The van der Waals surface area contributed by atoms with Crippen LogP contribution in [0.25, 0.3) is 11.6 Å². The Labute approximate surface area is 104 Å². The lowest BCUT2D eigenvalue weighted by Crippen LogP contribution is -1.86. The van der Waals surface area contributed by atoms with Crippen LogP contribution in [-0.2, 0) is 0 Å². The van der Waals surface area contributed by atoms with Crippen LogP contribution in [0.1, 0.15) is 11.3 Å². The quantitative estimate of drug-likeness (QED) is 0.598. The number of hydrogen-bond donors (Lipinski definition) is 0. The summed E-state index contributed by atoms with van der Waals surface area (Å²) in [6.07, 6.45) is 6.48. The molecule has 0 saturated carbocycles. The second kappa shape index (κ2) is 5.65. The summed E-state index contributed by atoms with van der Waals surface area (Å²) in [7, 11) is 0. The highest BCUT2D eigenvalue weighted by molar-refractivity contribution is 5.78. The molecular weight excluding hydrogens is 229 g/mol. The largest absolute Gasteiger partial charge is 0.465 e. The van der Waals surface area contributed by atoms with Crippen molar-refractivity contribution in [3.63, 3.8) is 0 Å². The standard InChI is InChI=1S/C15H10FNO/c16-15-9-2-1-8-14(15)12(11-17)5-3-6-13-7-4-10-18-13/h1-10H/b6-3+,12-5-. The summed E-state index contributed by atoms with van der Waals surface area (Å²) in [4.78, 5) is 0. The summed E-state index contributed by atoms with van der Waals surface area (Å²) >= 11 is 0. The van der Waals surface area contributed by atoms with Crippen molar-refractivity contribution in [2.75, 3.05) is 0 Å². The van der Waals surface area contributed by atoms with Crippen molar-refractivity contribution in [3.05, 3.63) is 72.0 Å². The highest BCUT2D eigenvalue weighted by atomic mass is 19.1. The van der Waals surface area contributed by atoms with Gasteiger partial charge < -0.3 is 4.42 Å². The Hall–Kier alpha value is -2.60. The van der Waals surface area contributed by atoms with Gasteiger partial charge in [-0.25, -0.2) is 4.39 Å². The van der Waals surface area contributed by atoms with Crippen molar-refractivity contribution in [3.8, 4) is 6.07 Å². The van der Waals surface area contributed by atoms with Crippen molar-refractivity contribution in [2.24, 2.45) is 0 Å². The molecule has 0 spiro atoms. The average molecular weight is 239 g/mol. The van der Waals surface area contributed by atoms with E-state index in [2.05, 4.69) is 0 Å². The van der Waals surface area contributed by atoms with E-state index in [1.54, 1.807) is 54.8 Å². The third-order valence-electron chi connectivity index (χ3n) is 2.35. The van der Waals surface area contributed by atoms with Crippen molar-refractivity contribution in [1.82, 2.24) is 0 Å². The first-order valence-corrected chi connectivity index (χ1v) is 5.38. The van der Waals surface area contributed by atoms with Gasteiger partial charge in [0.1, 0.15) is 11.6 Å². The van der Waals surface area contributed by atoms with Crippen LogP contribution >= 0.6 is 0 Å². The topological polar surface area (TPSA) is 36.9 Å². The van der Waals surface area contributed by atoms with Crippen LogP contribution in [0.2, 0.25) is 0 Å². The van der Waals surface area contributed by atoms with Crippen molar-refractivity contribution in [1.29, 1.82) is 5.26 Å². The van der Waals surface area contributed by atoms with Crippen LogP contribution in [0.4, 0.5) is 4.39 Å². The first kappa shape index (κ1) is 11.9. The van der Waals surface area contributed by atoms with Gasteiger partial charge in [-0.3, -0.25) is 0 Å². The van der Waals surface area contributed by atoms with E-state index in [0.717, 1.165) is 0 Å². The zero-order valence-corrected chi connectivity index (χ0v) is 9.51. The first-order valence-electron chi connectivity index (χ1n) is 5.38. The molecule has 2 nitrogen and oxygen atoms in total. The predicted octanol–water partition coefficient (Wildman–Crippen LogP) is 4.04. The Morgan fingerprint density at radius 1 is 1.22 bits per heavy atom. The summed E-state index contributed by atoms with van der Waals surface area (Å²) in [5.41, 5.74) is 0.569. The van der Waals surface area contributed by atoms with Crippen LogP contribution in [0.5, 0.6) is 0 Å². The van der Waals surface area contributed by atoms with Crippen LogP contribution in [0.15, 0.2) is 59.2 Å². The van der Waals surface area contributed by atoms with Gasteiger partial charge in [-0.15, -0.1) is 0 Å². The Kier molecular flexibility index (Phi) is 3.72. The van der Waals surface area contributed by atoms with Gasteiger partial charge in [0.05, 0.1) is 17.9 Å². The van der Waals surface area contributed by atoms with Crippen molar-refractivity contribution in [2.45, 2.75) is 0 Å². The van der Waals surface area contributed by atoms with Gasteiger partial charge in [0.25, 0.3) is 0 Å². The van der Waals surface area contributed by atoms with E-state index in [4.69, 9.17) is 9.68 Å². The molecule has 2 rings (SSSR count). The van der Waals surface area contributed by atoms with Gasteiger partial charge in [-0.1, -0.05) is 24.3 Å². The molecule has 0 N–H and O–H groups in total. The molecule has 0 unspecified atom stereocenters. The fourth-order valence-electron chi connectivity index (χ4n) is 1.49. The van der Waals surface area contributed by atoms with E-state index in [-0.39, 0.29) is 5.57 Å². The molecule has 0 fully saturated rings. The van der Waals surface area contributed by atoms with E-state index < -0.39 is 5.82 Å². The lowest BCUT2D eigenvalue weighted by Gasteiger charge is -1.98. The van der Waals surface area contributed by atoms with Crippen LogP contribution in [0.3, 0.4) is 0 Å². The van der Waals surface area contributed by atoms with Gasteiger partial charge >= 0.3 is 0 Å². The molecule has 0 aliphatic rings. The predicted molar refractivity (Wildman–Crippen MR) is 67.7 cm³/mol. The maximum atomic E-state index is 13.5. The molecule has 2 aromatic rings. The molecule has 3 heteroatoms. The molecule has 0 radical (unpaired) electrons. The molecular formula is C15H10FNO. The highest BCUT2D eigenvalue weighted by Crippen LogP contribution is 2.17. The SMILES string of the molecule is N#C/C(=C/C=C/c1ccco1)c1ccccc1F. The summed E-state index contributed by atoms with van der Waals surface area (Å²) < 4.78 is 18.6. The Morgan fingerprint density at radius 3 is 2.72 bits per heavy atom. The molecule has 0 atom stereocenters. The molecule has 1 aromatic heterocycles. The molecule has 0 aliphatic carbocycles. The summed E-state index contributed by atoms with van der Waals surface area (Å²) in [6, 6.07) is 11.7. The van der Waals surface area contributed by atoms with Crippen LogP contribution < -0.4 is 0 Å². The molecule has 0 saturated heterocycles. The third-order valence-corrected chi connectivity index (χ3v) is 2.35. The molecule has 1 heterocycles. The number of halogens is 1. The smallest absolute Gasteiger partial charge is 0.131 e. The minimum absolute atomic E-state index is 0.274. The van der Waals surface area contributed by atoms with Crippen molar-refractivity contribution < 1.29 is 8.81 Å². The average Bonchev–Trinajstić information content (AvgIpc) is 2.89. The van der Waals surface area contributed by atoms with Crippen LogP contribution in [-0.4, -0.2) is 0 Å². The second-order valence-corrected chi connectivity index (χ2v) is 3.55. The lowest BCUT2D eigenvalue weighted by molar-refractivity contribution is 0.557. The first-order chi connectivity index (χ1) is 8.81. The van der Waals surface area contributed by atoms with Gasteiger partial charge in [0.15, 0.2) is 0 Å². The van der Waals surface area contributed by atoms with Gasteiger partial charge in [0, 0.05) is 5.56 Å². The molecule has 0 aliphatic heterocycles. The minimum atomic E-state index is -0.406. The maximum Gasteiger partial charge on any atom is 0.131 e. The number of nitriles is 1. The Morgan fingerprint density at radius 2 is 2.06 bits per heavy atom. The number of nitrogens with zero attached hydrogens (tertiary/aromatic N) is 1. The molecule has 18 heavy (non-hydrogen) atoms. The fourth-order valence-corrected chi connectivity index (χ4v) is 1.49. The Bertz CT molecular complexity index is 618. The lowest BCUT2D eigenvalue weighted by atomic mass is 10.1. The van der Waals surface area contributed by atoms with Crippen molar-refractivity contribution >= 4 is 11.6 Å². The third kappa shape index (κ3) is 2.74. The molecule has 0 bridgehead atoms. The van der Waals surface area contributed by atoms with E-state index in [9.17, 15) is 4.39 Å². The van der Waals surface area contributed by atoms with Gasteiger partial charge in [-0.2, -0.15) is 5.26 Å². The van der Waals surface area contributed by atoms with E-state index in [1.807, 2.05) is 6.07 Å². The van der Waals surface area contributed by atoms with E-state index in [1.165, 1.54) is 6.07 Å². The van der Waals surface area contributed by atoms with E-state index in [0.29, 0.717) is 11.3 Å². The Balaban J connectivity index is 2.25.